The number of ether oxygens (including phenoxy) is 2. The van der Waals surface area contributed by atoms with Gasteiger partial charge in [-0.1, -0.05) is 23.2 Å². The fourth-order valence-corrected chi connectivity index (χ4v) is 5.04. The molecule has 1 saturated heterocycles. The minimum atomic E-state index is -0.587. The second-order valence-corrected chi connectivity index (χ2v) is 9.11. The van der Waals surface area contributed by atoms with Crippen molar-refractivity contribution in [1.82, 2.24) is 4.90 Å². The fourth-order valence-electron chi connectivity index (χ4n) is 3.39. The van der Waals surface area contributed by atoms with Crippen LogP contribution in [0, 0.1) is 6.92 Å². The number of nitrogens with zero attached hydrogens (tertiary/aromatic N) is 1. The normalized spacial score (nSPS) is 13.6. The van der Waals surface area contributed by atoms with Crippen LogP contribution < -0.4 is 10.1 Å². The van der Waals surface area contributed by atoms with Gasteiger partial charge in [-0.2, -0.15) is 0 Å². The molecule has 2 amide bonds. The molecular weight excluding hydrogens is 475 g/mol. The maximum Gasteiger partial charge on any atom is 0.341 e. The molecule has 2 aromatic rings. The van der Waals surface area contributed by atoms with E-state index in [9.17, 15) is 14.4 Å². The Hall–Kier alpha value is -2.29. The Morgan fingerprint density at radius 2 is 1.88 bits per heavy atom. The van der Waals surface area contributed by atoms with Crippen LogP contribution in [0.1, 0.15) is 51.8 Å². The zero-order chi connectivity index (χ0) is 23.3. The smallest absolute Gasteiger partial charge is 0.341 e. The molecule has 1 aliphatic heterocycles. The van der Waals surface area contributed by atoms with Gasteiger partial charge in [0.1, 0.15) is 10.8 Å². The van der Waals surface area contributed by atoms with Gasteiger partial charge in [0.05, 0.1) is 22.1 Å². The monoisotopic (exact) mass is 498 g/mol. The number of carbonyl (C=O) groups is 3. The number of piperidine rings is 1. The van der Waals surface area contributed by atoms with E-state index in [1.807, 2.05) is 0 Å². The number of esters is 1. The summed E-state index contributed by atoms with van der Waals surface area (Å²) in [6.45, 7) is 4.59. The van der Waals surface area contributed by atoms with Crippen molar-refractivity contribution in [2.45, 2.75) is 33.1 Å². The number of carbonyl (C=O) groups excluding carboxylic acids is 3. The van der Waals surface area contributed by atoms with Crippen LogP contribution in [-0.2, 0) is 9.53 Å². The van der Waals surface area contributed by atoms with E-state index in [-0.39, 0.29) is 34.7 Å². The number of rotatable bonds is 7. The molecule has 3 rings (SSSR count). The number of hydrogen-bond donors (Lipinski definition) is 1. The highest BCUT2D eigenvalue weighted by Crippen LogP contribution is 2.35. The van der Waals surface area contributed by atoms with Crippen LogP contribution in [0.25, 0.3) is 0 Å². The Morgan fingerprint density at radius 3 is 2.53 bits per heavy atom. The van der Waals surface area contributed by atoms with Crippen LogP contribution in [0.15, 0.2) is 18.2 Å². The number of nitrogens with one attached hydrogen (secondary N) is 1. The molecule has 1 aromatic carbocycles. The SMILES string of the molecule is CCOC(=O)c1c(NC(=O)COc2ccc(Cl)cc2Cl)sc(C(=O)N2CCCCC2)c1C. The lowest BCUT2D eigenvalue weighted by molar-refractivity contribution is -0.118. The number of benzene rings is 1. The van der Waals surface area contributed by atoms with Crippen molar-refractivity contribution in [3.63, 3.8) is 0 Å². The van der Waals surface area contributed by atoms with Crippen molar-refractivity contribution >= 4 is 57.3 Å². The first-order valence-electron chi connectivity index (χ1n) is 10.3. The third kappa shape index (κ3) is 5.74. The lowest BCUT2D eigenvalue weighted by Gasteiger charge is -2.26. The number of amides is 2. The number of anilines is 1. The summed E-state index contributed by atoms with van der Waals surface area (Å²) in [5.74, 6) is -0.918. The highest BCUT2D eigenvalue weighted by molar-refractivity contribution is 7.18. The van der Waals surface area contributed by atoms with Gasteiger partial charge >= 0.3 is 5.97 Å². The van der Waals surface area contributed by atoms with Crippen molar-refractivity contribution in [2.24, 2.45) is 0 Å². The van der Waals surface area contributed by atoms with Gasteiger partial charge in [0.25, 0.3) is 11.8 Å². The summed E-state index contributed by atoms with van der Waals surface area (Å²) in [5.41, 5.74) is 0.691. The van der Waals surface area contributed by atoms with E-state index < -0.39 is 11.9 Å². The van der Waals surface area contributed by atoms with Crippen LogP contribution in [0.3, 0.4) is 0 Å². The largest absolute Gasteiger partial charge is 0.482 e. The second-order valence-electron chi connectivity index (χ2n) is 7.25. The van der Waals surface area contributed by atoms with E-state index in [2.05, 4.69) is 5.32 Å². The first-order chi connectivity index (χ1) is 15.3. The van der Waals surface area contributed by atoms with E-state index in [0.29, 0.717) is 34.3 Å². The van der Waals surface area contributed by atoms with Gasteiger partial charge in [-0.15, -0.1) is 11.3 Å². The lowest BCUT2D eigenvalue weighted by atomic mass is 10.1. The average molecular weight is 499 g/mol. The third-order valence-electron chi connectivity index (χ3n) is 4.97. The number of likely N-dealkylation sites (tertiary alicyclic amines) is 1. The van der Waals surface area contributed by atoms with Crippen LogP contribution in [0.5, 0.6) is 5.75 Å². The van der Waals surface area contributed by atoms with Crippen molar-refractivity contribution in [3.05, 3.63) is 44.2 Å². The minimum Gasteiger partial charge on any atom is -0.482 e. The quantitative estimate of drug-likeness (QED) is 0.531. The van der Waals surface area contributed by atoms with Crippen LogP contribution >= 0.6 is 34.5 Å². The molecule has 0 unspecified atom stereocenters. The molecule has 7 nitrogen and oxygen atoms in total. The van der Waals surface area contributed by atoms with E-state index in [1.165, 1.54) is 6.07 Å². The minimum absolute atomic E-state index is 0.137. The van der Waals surface area contributed by atoms with Gasteiger partial charge < -0.3 is 19.7 Å². The summed E-state index contributed by atoms with van der Waals surface area (Å²) in [4.78, 5) is 40.4. The molecule has 10 heteroatoms. The molecule has 32 heavy (non-hydrogen) atoms. The Morgan fingerprint density at radius 1 is 1.16 bits per heavy atom. The molecule has 0 atom stereocenters. The van der Waals surface area contributed by atoms with Crippen LogP contribution in [0.2, 0.25) is 10.0 Å². The van der Waals surface area contributed by atoms with E-state index >= 15 is 0 Å². The van der Waals surface area contributed by atoms with E-state index in [4.69, 9.17) is 32.7 Å². The van der Waals surface area contributed by atoms with Crippen LogP contribution in [-0.4, -0.2) is 49.0 Å². The predicted molar refractivity (Wildman–Crippen MR) is 125 cm³/mol. The topological polar surface area (TPSA) is 84.9 Å². The maximum atomic E-state index is 13.0. The van der Waals surface area contributed by atoms with Crippen molar-refractivity contribution < 1.29 is 23.9 Å². The summed E-state index contributed by atoms with van der Waals surface area (Å²) in [5, 5.41) is 3.67. The van der Waals surface area contributed by atoms with Crippen molar-refractivity contribution in [3.8, 4) is 5.75 Å². The van der Waals surface area contributed by atoms with Crippen molar-refractivity contribution in [2.75, 3.05) is 31.6 Å². The molecule has 2 heterocycles. The molecular formula is C22H24Cl2N2O5S. The van der Waals surface area contributed by atoms with E-state index in [1.54, 1.807) is 30.9 Å². The molecule has 0 spiro atoms. The fraction of sp³-hybridized carbons (Fsp3) is 0.409. The Kier molecular flexibility index (Phi) is 8.39. The third-order valence-corrected chi connectivity index (χ3v) is 6.70. The zero-order valence-corrected chi connectivity index (χ0v) is 20.2. The van der Waals surface area contributed by atoms with Crippen molar-refractivity contribution in [1.29, 1.82) is 0 Å². The van der Waals surface area contributed by atoms with Gasteiger partial charge in [0.15, 0.2) is 6.61 Å². The molecule has 1 aliphatic rings. The summed E-state index contributed by atoms with van der Waals surface area (Å²) in [6.07, 6.45) is 3.00. The number of halogens is 2. The summed E-state index contributed by atoms with van der Waals surface area (Å²) in [7, 11) is 0. The number of thiophene rings is 1. The highest BCUT2D eigenvalue weighted by atomic mass is 35.5. The number of hydrogen-bond acceptors (Lipinski definition) is 6. The first-order valence-corrected chi connectivity index (χ1v) is 11.9. The lowest BCUT2D eigenvalue weighted by Crippen LogP contribution is -2.35. The van der Waals surface area contributed by atoms with E-state index in [0.717, 1.165) is 30.6 Å². The van der Waals surface area contributed by atoms with Gasteiger partial charge in [0.2, 0.25) is 0 Å². The van der Waals surface area contributed by atoms with Gasteiger partial charge in [-0.25, -0.2) is 4.79 Å². The molecule has 0 radical (unpaired) electrons. The average Bonchev–Trinajstić information content (AvgIpc) is 3.09. The maximum absolute atomic E-state index is 13.0. The standard InChI is InChI=1S/C22H24Cl2N2O5S/c1-3-30-22(29)18-13(2)19(21(28)26-9-5-4-6-10-26)32-20(18)25-17(27)12-31-16-8-7-14(23)11-15(16)24/h7-8,11H,3-6,9-10,12H2,1-2H3,(H,25,27). The Labute approximate surface area is 200 Å². The van der Waals surface area contributed by atoms with Gasteiger partial charge in [0, 0.05) is 18.1 Å². The molecule has 1 N–H and O–H groups in total. The summed E-state index contributed by atoms with van der Waals surface area (Å²) in [6, 6.07) is 4.67. The van der Waals surface area contributed by atoms with Gasteiger partial charge in [-0.05, 0) is 56.9 Å². The molecule has 172 valence electrons. The molecule has 0 saturated carbocycles. The molecule has 0 aliphatic carbocycles. The van der Waals surface area contributed by atoms with Gasteiger partial charge in [-0.3, -0.25) is 9.59 Å². The summed E-state index contributed by atoms with van der Waals surface area (Å²) < 4.78 is 10.6. The Balaban J connectivity index is 1.79. The highest BCUT2D eigenvalue weighted by Gasteiger charge is 2.29. The second kappa shape index (κ2) is 11.0. The molecule has 0 bridgehead atoms. The zero-order valence-electron chi connectivity index (χ0n) is 17.8. The predicted octanol–water partition coefficient (Wildman–Crippen LogP) is 5.18. The summed E-state index contributed by atoms with van der Waals surface area (Å²) >= 11 is 13.0. The first kappa shape index (κ1) is 24.4. The Bertz CT molecular complexity index is 1020. The molecule has 1 aromatic heterocycles. The van der Waals surface area contributed by atoms with Crippen LogP contribution in [0.4, 0.5) is 5.00 Å². The molecule has 1 fully saturated rings.